The molecule has 0 bridgehead atoms. The Kier molecular flexibility index (Phi) is 6.57. The predicted octanol–water partition coefficient (Wildman–Crippen LogP) is 3.66. The van der Waals surface area contributed by atoms with Crippen molar-refractivity contribution in [2.45, 2.75) is 26.2 Å². The topological polar surface area (TPSA) is 44.5 Å². The van der Waals surface area contributed by atoms with Crippen molar-refractivity contribution in [1.29, 1.82) is 0 Å². The van der Waals surface area contributed by atoms with E-state index in [0.29, 0.717) is 13.2 Å². The first-order valence-electron chi connectivity index (χ1n) is 7.43. The summed E-state index contributed by atoms with van der Waals surface area (Å²) in [6.07, 6.45) is 2.74. The molecule has 0 amide bonds. The molecule has 1 heterocycles. The molecule has 0 atom stereocenters. The van der Waals surface area contributed by atoms with Gasteiger partial charge < -0.3 is 15.2 Å². The minimum absolute atomic E-state index is 0.621. The van der Waals surface area contributed by atoms with Gasteiger partial charge in [-0.05, 0) is 53.4 Å². The van der Waals surface area contributed by atoms with Crippen LogP contribution in [-0.2, 0) is 12.8 Å². The number of ether oxygens (including phenoxy) is 2. The number of rotatable bonds is 9. The highest BCUT2D eigenvalue weighted by Gasteiger charge is 2.06. The van der Waals surface area contributed by atoms with Crippen LogP contribution in [0.1, 0.15) is 24.5 Å². The minimum Gasteiger partial charge on any atom is -0.493 e. The van der Waals surface area contributed by atoms with E-state index in [-0.39, 0.29) is 0 Å². The van der Waals surface area contributed by atoms with Gasteiger partial charge in [0.15, 0.2) is 0 Å². The maximum atomic E-state index is 5.95. The van der Waals surface area contributed by atoms with E-state index in [4.69, 9.17) is 15.2 Å². The highest BCUT2D eigenvalue weighted by atomic mass is 32.1. The van der Waals surface area contributed by atoms with Gasteiger partial charge in [-0.3, -0.25) is 0 Å². The van der Waals surface area contributed by atoms with Crippen LogP contribution in [0.3, 0.4) is 0 Å². The lowest BCUT2D eigenvalue weighted by Gasteiger charge is -2.13. The summed E-state index contributed by atoms with van der Waals surface area (Å²) < 4.78 is 11.6. The van der Waals surface area contributed by atoms with Crippen molar-refractivity contribution in [3.8, 4) is 11.5 Å². The van der Waals surface area contributed by atoms with Crippen LogP contribution in [0.25, 0.3) is 0 Å². The van der Waals surface area contributed by atoms with Crippen molar-refractivity contribution in [3.63, 3.8) is 0 Å². The summed E-state index contributed by atoms with van der Waals surface area (Å²) >= 11 is 1.72. The first-order valence-corrected chi connectivity index (χ1v) is 8.37. The average molecular weight is 305 g/mol. The Morgan fingerprint density at radius 2 is 2.00 bits per heavy atom. The Morgan fingerprint density at radius 1 is 1.10 bits per heavy atom. The van der Waals surface area contributed by atoms with Crippen LogP contribution in [0.5, 0.6) is 11.5 Å². The summed E-state index contributed by atoms with van der Waals surface area (Å²) in [7, 11) is 0. The van der Waals surface area contributed by atoms with E-state index in [2.05, 4.69) is 29.8 Å². The molecule has 0 saturated carbocycles. The zero-order chi connectivity index (χ0) is 14.9. The van der Waals surface area contributed by atoms with E-state index in [1.165, 1.54) is 5.56 Å². The first-order chi connectivity index (χ1) is 10.3. The molecule has 0 spiro atoms. The second-order valence-corrected chi connectivity index (χ2v) is 5.67. The van der Waals surface area contributed by atoms with E-state index in [1.807, 2.05) is 12.1 Å². The quantitative estimate of drug-likeness (QED) is 0.769. The molecule has 4 heteroatoms. The van der Waals surface area contributed by atoms with Gasteiger partial charge in [-0.1, -0.05) is 13.0 Å². The molecule has 3 nitrogen and oxygen atoms in total. The molecule has 2 rings (SSSR count). The van der Waals surface area contributed by atoms with Gasteiger partial charge in [-0.2, -0.15) is 11.3 Å². The summed E-state index contributed by atoms with van der Waals surface area (Å²) in [5.41, 5.74) is 8.13. The van der Waals surface area contributed by atoms with Gasteiger partial charge in [0.05, 0.1) is 13.2 Å². The molecule has 2 N–H and O–H groups in total. The summed E-state index contributed by atoms with van der Waals surface area (Å²) in [6.45, 7) is 4.12. The number of nitrogens with two attached hydrogens (primary N) is 1. The van der Waals surface area contributed by atoms with E-state index in [0.717, 1.165) is 42.9 Å². The Labute approximate surface area is 130 Å². The molecule has 1 aromatic carbocycles. The fourth-order valence-electron chi connectivity index (χ4n) is 2.05. The van der Waals surface area contributed by atoms with Crippen molar-refractivity contribution >= 4 is 11.3 Å². The van der Waals surface area contributed by atoms with Crippen LogP contribution < -0.4 is 15.2 Å². The molecule has 0 aliphatic carbocycles. The SMILES string of the molecule is CCCOc1ccc(CCN)c(OCCc2ccsc2)c1. The highest BCUT2D eigenvalue weighted by molar-refractivity contribution is 7.07. The Morgan fingerprint density at radius 3 is 2.71 bits per heavy atom. The lowest BCUT2D eigenvalue weighted by atomic mass is 10.1. The second kappa shape index (κ2) is 8.70. The molecule has 0 saturated heterocycles. The largest absolute Gasteiger partial charge is 0.493 e. The van der Waals surface area contributed by atoms with Crippen LogP contribution >= 0.6 is 11.3 Å². The summed E-state index contributed by atoms with van der Waals surface area (Å²) in [6, 6.07) is 8.16. The van der Waals surface area contributed by atoms with E-state index < -0.39 is 0 Å². The summed E-state index contributed by atoms with van der Waals surface area (Å²) in [4.78, 5) is 0. The Bertz CT molecular complexity index is 526. The molecule has 0 unspecified atom stereocenters. The molecule has 0 fully saturated rings. The third-order valence-electron chi connectivity index (χ3n) is 3.15. The Hall–Kier alpha value is -1.52. The van der Waals surface area contributed by atoms with Crippen molar-refractivity contribution in [2.24, 2.45) is 5.73 Å². The van der Waals surface area contributed by atoms with Gasteiger partial charge in [0.2, 0.25) is 0 Å². The lowest BCUT2D eigenvalue weighted by molar-refractivity contribution is 0.301. The molecule has 0 aliphatic heterocycles. The summed E-state index contributed by atoms with van der Waals surface area (Å²) in [5.74, 6) is 1.76. The monoisotopic (exact) mass is 305 g/mol. The average Bonchev–Trinajstić information content (AvgIpc) is 3.01. The third kappa shape index (κ3) is 5.06. The molecule has 114 valence electrons. The van der Waals surface area contributed by atoms with E-state index in [9.17, 15) is 0 Å². The first kappa shape index (κ1) is 15.9. The van der Waals surface area contributed by atoms with Gasteiger partial charge in [0, 0.05) is 12.5 Å². The molecule has 0 aliphatic rings. The van der Waals surface area contributed by atoms with Gasteiger partial charge in [0.25, 0.3) is 0 Å². The number of hydrogen-bond acceptors (Lipinski definition) is 4. The van der Waals surface area contributed by atoms with Gasteiger partial charge >= 0.3 is 0 Å². The molecular weight excluding hydrogens is 282 g/mol. The third-order valence-corrected chi connectivity index (χ3v) is 3.89. The standard InChI is InChI=1S/C17H23NO2S/c1-2-9-19-16-4-3-15(5-8-18)17(12-16)20-10-6-14-7-11-21-13-14/h3-4,7,11-13H,2,5-6,8-10,18H2,1H3. The lowest BCUT2D eigenvalue weighted by Crippen LogP contribution is -2.07. The van der Waals surface area contributed by atoms with Crippen LogP contribution in [0.4, 0.5) is 0 Å². The fraction of sp³-hybridized carbons (Fsp3) is 0.412. The van der Waals surface area contributed by atoms with E-state index in [1.54, 1.807) is 11.3 Å². The maximum Gasteiger partial charge on any atom is 0.126 e. The molecule has 1 aromatic heterocycles. The smallest absolute Gasteiger partial charge is 0.126 e. The van der Waals surface area contributed by atoms with Crippen LogP contribution in [0, 0.1) is 0 Å². The van der Waals surface area contributed by atoms with Gasteiger partial charge in [0.1, 0.15) is 11.5 Å². The zero-order valence-corrected chi connectivity index (χ0v) is 13.3. The summed E-state index contributed by atoms with van der Waals surface area (Å²) in [5, 5.41) is 4.25. The van der Waals surface area contributed by atoms with Crippen molar-refractivity contribution in [3.05, 3.63) is 46.2 Å². The second-order valence-electron chi connectivity index (χ2n) is 4.89. The van der Waals surface area contributed by atoms with Crippen LogP contribution in [0.2, 0.25) is 0 Å². The molecule has 0 radical (unpaired) electrons. The number of benzene rings is 1. The van der Waals surface area contributed by atoms with E-state index >= 15 is 0 Å². The van der Waals surface area contributed by atoms with Crippen LogP contribution in [0.15, 0.2) is 35.0 Å². The predicted molar refractivity (Wildman–Crippen MR) is 88.5 cm³/mol. The van der Waals surface area contributed by atoms with Gasteiger partial charge in [-0.25, -0.2) is 0 Å². The molecule has 2 aromatic rings. The number of hydrogen-bond donors (Lipinski definition) is 1. The normalized spacial score (nSPS) is 10.6. The number of thiophene rings is 1. The Balaban J connectivity index is 1.99. The zero-order valence-electron chi connectivity index (χ0n) is 12.5. The fourth-order valence-corrected chi connectivity index (χ4v) is 2.76. The molecular formula is C17H23NO2S. The molecule has 21 heavy (non-hydrogen) atoms. The highest BCUT2D eigenvalue weighted by Crippen LogP contribution is 2.26. The van der Waals surface area contributed by atoms with Crippen LogP contribution in [-0.4, -0.2) is 19.8 Å². The minimum atomic E-state index is 0.621. The van der Waals surface area contributed by atoms with Crippen molar-refractivity contribution in [2.75, 3.05) is 19.8 Å². The van der Waals surface area contributed by atoms with Crippen molar-refractivity contribution in [1.82, 2.24) is 0 Å². The van der Waals surface area contributed by atoms with Crippen molar-refractivity contribution < 1.29 is 9.47 Å². The van der Waals surface area contributed by atoms with Gasteiger partial charge in [-0.15, -0.1) is 0 Å². The maximum absolute atomic E-state index is 5.95.